The third-order valence-corrected chi connectivity index (χ3v) is 6.23. The van der Waals surface area contributed by atoms with Gasteiger partial charge < -0.3 is 20.9 Å². The summed E-state index contributed by atoms with van der Waals surface area (Å²) >= 11 is 0. The molecule has 0 spiro atoms. The van der Waals surface area contributed by atoms with Crippen molar-refractivity contribution in [2.45, 2.75) is 62.7 Å². The number of hydrogen-bond acceptors (Lipinski definition) is 4. The van der Waals surface area contributed by atoms with Crippen LogP contribution in [0.5, 0.6) is 0 Å². The fourth-order valence-electron chi connectivity index (χ4n) is 4.31. The summed E-state index contributed by atoms with van der Waals surface area (Å²) in [6.45, 7) is 1.80. The Balaban J connectivity index is 1.89. The highest BCUT2D eigenvalue weighted by Gasteiger charge is 2.49. The van der Waals surface area contributed by atoms with Crippen LogP contribution < -0.4 is 5.73 Å². The molecule has 5 N–H and O–H groups in total. The molecule has 130 valence electrons. The lowest BCUT2D eigenvalue weighted by Gasteiger charge is -2.39. The second-order valence-electron chi connectivity index (χ2n) is 7.70. The van der Waals surface area contributed by atoms with Crippen molar-refractivity contribution < 1.29 is 19.9 Å². The molecule has 2 aliphatic rings. The zero-order valence-corrected chi connectivity index (χ0v) is 14.2. The lowest BCUT2D eigenvalue weighted by molar-refractivity contribution is -0.145. The highest BCUT2D eigenvalue weighted by atomic mass is 16.4. The Morgan fingerprint density at radius 1 is 1.38 bits per heavy atom. The van der Waals surface area contributed by atoms with E-state index in [9.17, 15) is 9.90 Å². The molecule has 2 aliphatic carbocycles. The van der Waals surface area contributed by atoms with Crippen molar-refractivity contribution in [3.63, 3.8) is 0 Å². The van der Waals surface area contributed by atoms with E-state index in [-0.39, 0.29) is 17.8 Å². The van der Waals surface area contributed by atoms with Gasteiger partial charge in [-0.1, -0.05) is 24.6 Å². The standard InChI is InChI=1S/C18H26BNO4/c1-17(16(21)22)13(4-2-9-19(23)24)10-12-5-6-14(11-15(12)17)18(20)7-3-8-18/h5-6,11,13,23-24H,2-4,7-10,20H2,1H3,(H,21,22)/t13-,17-/m0/s1. The van der Waals surface area contributed by atoms with Gasteiger partial charge in [0.2, 0.25) is 0 Å². The monoisotopic (exact) mass is 331 g/mol. The maximum Gasteiger partial charge on any atom is 0.451 e. The zero-order chi connectivity index (χ0) is 17.5. The lowest BCUT2D eigenvalue weighted by atomic mass is 9.69. The summed E-state index contributed by atoms with van der Waals surface area (Å²) in [6, 6.07) is 6.11. The van der Waals surface area contributed by atoms with Crippen LogP contribution in [0.25, 0.3) is 0 Å². The number of carbonyl (C=O) groups is 1. The first kappa shape index (κ1) is 17.5. The fourth-order valence-corrected chi connectivity index (χ4v) is 4.31. The Morgan fingerprint density at radius 2 is 2.08 bits per heavy atom. The van der Waals surface area contributed by atoms with E-state index in [1.807, 2.05) is 12.1 Å². The van der Waals surface area contributed by atoms with Crippen LogP contribution in [-0.4, -0.2) is 28.2 Å². The van der Waals surface area contributed by atoms with Crippen molar-refractivity contribution in [3.05, 3.63) is 34.9 Å². The number of carboxylic acid groups (broad SMARTS) is 1. The van der Waals surface area contributed by atoms with E-state index in [1.54, 1.807) is 6.92 Å². The van der Waals surface area contributed by atoms with Gasteiger partial charge in [-0.2, -0.15) is 0 Å². The van der Waals surface area contributed by atoms with Crippen LogP contribution in [-0.2, 0) is 22.2 Å². The number of nitrogens with two attached hydrogens (primary N) is 1. The number of rotatable bonds is 6. The van der Waals surface area contributed by atoms with E-state index in [2.05, 4.69) is 6.07 Å². The molecule has 0 aliphatic heterocycles. The quantitative estimate of drug-likeness (QED) is 0.595. The second-order valence-corrected chi connectivity index (χ2v) is 7.70. The minimum atomic E-state index is -1.33. The third-order valence-electron chi connectivity index (χ3n) is 6.23. The summed E-state index contributed by atoms with van der Waals surface area (Å²) < 4.78 is 0. The van der Waals surface area contributed by atoms with Crippen LogP contribution in [0.1, 0.15) is 55.7 Å². The molecule has 0 radical (unpaired) electrons. The van der Waals surface area contributed by atoms with Crippen molar-refractivity contribution >= 4 is 13.1 Å². The molecule has 0 heterocycles. The molecule has 24 heavy (non-hydrogen) atoms. The highest BCUT2D eigenvalue weighted by Crippen LogP contribution is 2.48. The van der Waals surface area contributed by atoms with Crippen molar-refractivity contribution in [3.8, 4) is 0 Å². The molecule has 5 nitrogen and oxygen atoms in total. The molecule has 1 aromatic rings. The summed E-state index contributed by atoms with van der Waals surface area (Å²) in [5, 5.41) is 28.0. The van der Waals surface area contributed by atoms with Crippen LogP contribution >= 0.6 is 0 Å². The van der Waals surface area contributed by atoms with Crippen molar-refractivity contribution in [2.24, 2.45) is 11.7 Å². The van der Waals surface area contributed by atoms with Gasteiger partial charge in [0.05, 0.1) is 5.41 Å². The van der Waals surface area contributed by atoms with Gasteiger partial charge in [0.15, 0.2) is 0 Å². The van der Waals surface area contributed by atoms with Gasteiger partial charge in [-0.25, -0.2) is 0 Å². The number of benzene rings is 1. The molecule has 0 amide bonds. The van der Waals surface area contributed by atoms with Gasteiger partial charge in [0.25, 0.3) is 0 Å². The predicted octanol–water partition coefficient (Wildman–Crippen LogP) is 1.79. The van der Waals surface area contributed by atoms with Gasteiger partial charge in [0.1, 0.15) is 0 Å². The van der Waals surface area contributed by atoms with E-state index in [1.165, 1.54) is 0 Å². The second kappa shape index (κ2) is 6.17. The molecular formula is C18H26BNO4. The molecule has 0 bridgehead atoms. The normalized spacial score (nSPS) is 27.4. The lowest BCUT2D eigenvalue weighted by Crippen LogP contribution is -2.43. The van der Waals surface area contributed by atoms with Crippen LogP contribution in [0, 0.1) is 5.92 Å². The Kier molecular flexibility index (Phi) is 4.49. The minimum absolute atomic E-state index is 0.0332. The predicted molar refractivity (Wildman–Crippen MR) is 92.6 cm³/mol. The number of fused-ring (bicyclic) bond motifs is 1. The van der Waals surface area contributed by atoms with Crippen LogP contribution in [0.3, 0.4) is 0 Å². The van der Waals surface area contributed by atoms with Crippen LogP contribution in [0.4, 0.5) is 0 Å². The zero-order valence-electron chi connectivity index (χ0n) is 14.2. The molecule has 0 aromatic heterocycles. The van der Waals surface area contributed by atoms with E-state index in [4.69, 9.17) is 15.8 Å². The SMILES string of the molecule is C[C@@]1(C(=O)O)c2cc(C3(N)CCC3)ccc2C[C@@H]1CCCB(O)O. The molecule has 1 saturated carbocycles. The van der Waals surface area contributed by atoms with Gasteiger partial charge in [-0.15, -0.1) is 0 Å². The largest absolute Gasteiger partial charge is 0.481 e. The maximum atomic E-state index is 12.1. The van der Waals surface area contributed by atoms with Crippen LogP contribution in [0.15, 0.2) is 18.2 Å². The van der Waals surface area contributed by atoms with E-state index >= 15 is 0 Å². The molecule has 0 unspecified atom stereocenters. The summed E-state index contributed by atoms with van der Waals surface area (Å²) in [7, 11) is -1.33. The van der Waals surface area contributed by atoms with Crippen molar-refractivity contribution in [1.29, 1.82) is 0 Å². The molecule has 1 fully saturated rings. The first-order chi connectivity index (χ1) is 11.3. The summed E-state index contributed by atoms with van der Waals surface area (Å²) in [6.07, 6.45) is 5.29. The first-order valence-corrected chi connectivity index (χ1v) is 8.79. The Hall–Kier alpha value is -1.37. The van der Waals surface area contributed by atoms with Gasteiger partial charge >= 0.3 is 13.1 Å². The summed E-state index contributed by atoms with van der Waals surface area (Å²) in [5.74, 6) is -0.846. The fraction of sp³-hybridized carbons (Fsp3) is 0.611. The average Bonchev–Trinajstić information content (AvgIpc) is 2.78. The van der Waals surface area contributed by atoms with Crippen molar-refractivity contribution in [1.82, 2.24) is 0 Å². The molecule has 3 rings (SSSR count). The highest BCUT2D eigenvalue weighted by molar-refractivity contribution is 6.40. The minimum Gasteiger partial charge on any atom is -0.481 e. The Labute approximate surface area is 143 Å². The number of hydrogen-bond donors (Lipinski definition) is 4. The first-order valence-electron chi connectivity index (χ1n) is 8.79. The molecular weight excluding hydrogens is 305 g/mol. The Morgan fingerprint density at radius 3 is 2.62 bits per heavy atom. The van der Waals surface area contributed by atoms with E-state index in [0.29, 0.717) is 12.8 Å². The van der Waals surface area contributed by atoms with Gasteiger partial charge in [0, 0.05) is 5.54 Å². The molecule has 6 heteroatoms. The Bertz CT molecular complexity index is 644. The van der Waals surface area contributed by atoms with Crippen LogP contribution in [0.2, 0.25) is 6.32 Å². The van der Waals surface area contributed by atoms with Gasteiger partial charge in [-0.3, -0.25) is 4.79 Å². The average molecular weight is 331 g/mol. The van der Waals surface area contributed by atoms with E-state index in [0.717, 1.165) is 42.4 Å². The number of aliphatic carboxylic acids is 1. The van der Waals surface area contributed by atoms with E-state index < -0.39 is 18.5 Å². The molecule has 1 aromatic carbocycles. The number of carboxylic acids is 1. The smallest absolute Gasteiger partial charge is 0.451 e. The third kappa shape index (κ3) is 2.77. The maximum absolute atomic E-state index is 12.1. The summed E-state index contributed by atoms with van der Waals surface area (Å²) in [4.78, 5) is 12.1. The topological polar surface area (TPSA) is 104 Å². The molecule has 0 saturated heterocycles. The summed E-state index contributed by atoms with van der Waals surface area (Å²) in [5.41, 5.74) is 8.21. The van der Waals surface area contributed by atoms with Gasteiger partial charge in [-0.05, 0) is 68.0 Å². The van der Waals surface area contributed by atoms with Crippen molar-refractivity contribution in [2.75, 3.05) is 0 Å². The molecule has 2 atom stereocenters.